The van der Waals surface area contributed by atoms with E-state index in [-0.39, 0.29) is 23.6 Å². The van der Waals surface area contributed by atoms with E-state index in [0.717, 1.165) is 0 Å². The minimum Gasteiger partial charge on any atom is -0.444 e. The van der Waals surface area contributed by atoms with Gasteiger partial charge in [0.2, 0.25) is 0 Å². The molecule has 1 heterocycles. The smallest absolute Gasteiger partial charge is 0.407 e. The van der Waals surface area contributed by atoms with Gasteiger partial charge < -0.3 is 25.3 Å². The third-order valence-corrected chi connectivity index (χ3v) is 2.98. The van der Waals surface area contributed by atoms with E-state index in [1.54, 1.807) is 20.8 Å². The second-order valence-corrected chi connectivity index (χ2v) is 6.25. The molecule has 22 heavy (non-hydrogen) atoms. The summed E-state index contributed by atoms with van der Waals surface area (Å²) < 4.78 is 5.04. The molecule has 0 fully saturated rings. The number of pyridine rings is 1. The molecule has 124 valence electrons. The predicted molar refractivity (Wildman–Crippen MR) is 81.9 cm³/mol. The number of aromatic amines is 1. The highest BCUT2D eigenvalue weighted by Gasteiger charge is 2.20. The summed E-state index contributed by atoms with van der Waals surface area (Å²) in [5.74, 6) is 0. The van der Waals surface area contributed by atoms with Gasteiger partial charge in [-0.1, -0.05) is 11.6 Å². The SMILES string of the molecule is CC(C)(C)OC(=O)NCCC(O)C(O)c1c[nH]c(=O)c(Cl)c1. The van der Waals surface area contributed by atoms with Crippen molar-refractivity contribution in [3.63, 3.8) is 0 Å². The van der Waals surface area contributed by atoms with Crippen LogP contribution in [0.15, 0.2) is 17.1 Å². The number of alkyl carbamates (subject to hydrolysis) is 1. The molecule has 0 saturated carbocycles. The van der Waals surface area contributed by atoms with Crippen LogP contribution >= 0.6 is 11.6 Å². The number of aliphatic hydroxyl groups is 2. The highest BCUT2D eigenvalue weighted by Crippen LogP contribution is 2.19. The van der Waals surface area contributed by atoms with Gasteiger partial charge in [0.15, 0.2) is 0 Å². The van der Waals surface area contributed by atoms with Crippen LogP contribution in [0.1, 0.15) is 38.9 Å². The monoisotopic (exact) mass is 332 g/mol. The Kier molecular flexibility index (Phi) is 6.40. The predicted octanol–water partition coefficient (Wildman–Crippen LogP) is 1.34. The van der Waals surface area contributed by atoms with Gasteiger partial charge in [-0.25, -0.2) is 4.79 Å². The number of amides is 1. The van der Waals surface area contributed by atoms with Crippen LogP contribution in [0.3, 0.4) is 0 Å². The molecule has 1 rings (SSSR count). The van der Waals surface area contributed by atoms with Crippen LogP contribution in [0, 0.1) is 0 Å². The van der Waals surface area contributed by atoms with Gasteiger partial charge in [-0.15, -0.1) is 0 Å². The lowest BCUT2D eigenvalue weighted by molar-refractivity contribution is 0.0121. The average Bonchev–Trinajstić information content (AvgIpc) is 2.38. The number of hydrogen-bond donors (Lipinski definition) is 4. The summed E-state index contributed by atoms with van der Waals surface area (Å²) in [6.45, 7) is 5.35. The van der Waals surface area contributed by atoms with Crippen LogP contribution < -0.4 is 10.9 Å². The van der Waals surface area contributed by atoms with E-state index in [4.69, 9.17) is 16.3 Å². The fraction of sp³-hybridized carbons (Fsp3) is 0.571. The van der Waals surface area contributed by atoms with Gasteiger partial charge in [-0.2, -0.15) is 0 Å². The van der Waals surface area contributed by atoms with Crippen molar-refractivity contribution in [3.05, 3.63) is 33.2 Å². The van der Waals surface area contributed by atoms with Crippen LogP contribution in [-0.4, -0.2) is 39.5 Å². The van der Waals surface area contributed by atoms with Crippen LogP contribution in [0.5, 0.6) is 0 Å². The molecule has 0 radical (unpaired) electrons. The molecule has 4 N–H and O–H groups in total. The normalized spacial score (nSPS) is 14.3. The van der Waals surface area contributed by atoms with E-state index in [9.17, 15) is 19.8 Å². The highest BCUT2D eigenvalue weighted by molar-refractivity contribution is 6.30. The maximum atomic E-state index is 11.4. The Morgan fingerprint density at radius 1 is 1.45 bits per heavy atom. The van der Waals surface area contributed by atoms with Crippen molar-refractivity contribution in [1.82, 2.24) is 10.3 Å². The van der Waals surface area contributed by atoms with E-state index in [1.165, 1.54) is 12.3 Å². The molecule has 7 nitrogen and oxygen atoms in total. The Hall–Kier alpha value is -1.57. The lowest BCUT2D eigenvalue weighted by atomic mass is 10.0. The summed E-state index contributed by atoms with van der Waals surface area (Å²) >= 11 is 5.66. The van der Waals surface area contributed by atoms with E-state index >= 15 is 0 Å². The van der Waals surface area contributed by atoms with Gasteiger partial charge in [-0.05, 0) is 33.3 Å². The van der Waals surface area contributed by atoms with Gasteiger partial charge in [0, 0.05) is 18.3 Å². The van der Waals surface area contributed by atoms with E-state index < -0.39 is 29.5 Å². The Bertz CT molecular complexity index is 567. The van der Waals surface area contributed by atoms with Crippen LogP contribution in [0.4, 0.5) is 4.79 Å². The van der Waals surface area contributed by atoms with Gasteiger partial charge in [0.05, 0.1) is 6.10 Å². The zero-order chi connectivity index (χ0) is 16.9. The molecule has 0 aliphatic rings. The highest BCUT2D eigenvalue weighted by atomic mass is 35.5. The molecule has 8 heteroatoms. The first kappa shape index (κ1) is 18.5. The molecule has 0 aliphatic heterocycles. The molecule has 0 saturated heterocycles. The summed E-state index contributed by atoms with van der Waals surface area (Å²) in [6.07, 6.45) is -1.56. The molecule has 0 aromatic carbocycles. The second-order valence-electron chi connectivity index (χ2n) is 5.84. The fourth-order valence-corrected chi connectivity index (χ4v) is 1.84. The Labute approximate surface area is 133 Å². The number of ether oxygens (including phenoxy) is 1. The first-order valence-corrected chi connectivity index (χ1v) is 7.19. The number of halogens is 1. The van der Waals surface area contributed by atoms with Crippen molar-refractivity contribution < 1.29 is 19.7 Å². The number of aliphatic hydroxyl groups excluding tert-OH is 2. The topological polar surface area (TPSA) is 112 Å². The maximum Gasteiger partial charge on any atom is 0.407 e. The number of aromatic nitrogens is 1. The van der Waals surface area contributed by atoms with Crippen molar-refractivity contribution in [2.45, 2.75) is 45.0 Å². The second kappa shape index (κ2) is 7.62. The van der Waals surface area contributed by atoms with Gasteiger partial charge in [0.25, 0.3) is 5.56 Å². The lowest BCUT2D eigenvalue weighted by Crippen LogP contribution is -2.34. The molecule has 1 aromatic heterocycles. The molecule has 2 unspecified atom stereocenters. The van der Waals surface area contributed by atoms with Gasteiger partial charge >= 0.3 is 6.09 Å². The molecule has 0 aliphatic carbocycles. The number of hydrogen-bond acceptors (Lipinski definition) is 5. The van der Waals surface area contributed by atoms with Gasteiger partial charge in [-0.3, -0.25) is 4.79 Å². The third kappa shape index (κ3) is 6.05. The Morgan fingerprint density at radius 2 is 2.09 bits per heavy atom. The number of nitrogens with one attached hydrogen (secondary N) is 2. The summed E-state index contributed by atoms with van der Waals surface area (Å²) in [6, 6.07) is 1.29. The summed E-state index contributed by atoms with van der Waals surface area (Å²) in [4.78, 5) is 24.9. The van der Waals surface area contributed by atoms with Crippen molar-refractivity contribution in [1.29, 1.82) is 0 Å². The van der Waals surface area contributed by atoms with Crippen LogP contribution in [-0.2, 0) is 4.74 Å². The number of carbonyl (C=O) groups is 1. The third-order valence-electron chi connectivity index (χ3n) is 2.69. The first-order chi connectivity index (χ1) is 10.1. The van der Waals surface area contributed by atoms with E-state index in [1.807, 2.05) is 0 Å². The lowest BCUT2D eigenvalue weighted by Gasteiger charge is -2.21. The maximum absolute atomic E-state index is 11.4. The van der Waals surface area contributed by atoms with E-state index in [2.05, 4.69) is 10.3 Å². The fourth-order valence-electron chi connectivity index (χ4n) is 1.66. The summed E-state index contributed by atoms with van der Waals surface area (Å²) in [7, 11) is 0. The van der Waals surface area contributed by atoms with Crippen molar-refractivity contribution >= 4 is 17.7 Å². The quantitative estimate of drug-likeness (QED) is 0.650. The molecular weight excluding hydrogens is 312 g/mol. The van der Waals surface area contributed by atoms with Crippen molar-refractivity contribution in [2.24, 2.45) is 0 Å². The summed E-state index contributed by atoms with van der Waals surface area (Å²) in [5.41, 5.74) is -0.789. The minimum atomic E-state index is -1.23. The largest absolute Gasteiger partial charge is 0.444 e. The molecule has 0 spiro atoms. The van der Waals surface area contributed by atoms with Gasteiger partial charge in [0.1, 0.15) is 16.7 Å². The standard InChI is InChI=1S/C14H21ClN2O5/c1-14(2,3)22-13(21)16-5-4-10(18)11(19)8-6-9(15)12(20)17-7-8/h6-7,10-11,18-19H,4-5H2,1-3H3,(H,16,21)(H,17,20). The average molecular weight is 333 g/mol. The summed E-state index contributed by atoms with van der Waals surface area (Å²) in [5, 5.41) is 22.3. The molecular formula is C14H21ClN2O5. The van der Waals surface area contributed by atoms with Crippen LogP contribution in [0.2, 0.25) is 5.02 Å². The van der Waals surface area contributed by atoms with Crippen molar-refractivity contribution in [3.8, 4) is 0 Å². The first-order valence-electron chi connectivity index (χ1n) is 6.81. The minimum absolute atomic E-state index is 0.0735. The molecule has 1 aromatic rings. The molecule has 2 atom stereocenters. The molecule has 0 bridgehead atoms. The number of rotatable bonds is 5. The number of H-pyrrole nitrogens is 1. The van der Waals surface area contributed by atoms with Crippen molar-refractivity contribution in [2.75, 3.05) is 6.54 Å². The Morgan fingerprint density at radius 3 is 2.64 bits per heavy atom. The number of carbonyl (C=O) groups excluding carboxylic acids is 1. The zero-order valence-electron chi connectivity index (χ0n) is 12.7. The molecule has 1 amide bonds. The van der Waals surface area contributed by atoms with E-state index in [0.29, 0.717) is 0 Å². The Balaban J connectivity index is 2.47. The zero-order valence-corrected chi connectivity index (χ0v) is 13.5. The van der Waals surface area contributed by atoms with Crippen LogP contribution in [0.25, 0.3) is 0 Å².